The highest BCUT2D eigenvalue weighted by atomic mass is 32.2. The van der Waals surface area contributed by atoms with E-state index in [2.05, 4.69) is 5.32 Å². The van der Waals surface area contributed by atoms with Crippen molar-refractivity contribution in [2.24, 2.45) is 0 Å². The molecule has 6 heteroatoms. The first-order valence-corrected chi connectivity index (χ1v) is 10.8. The van der Waals surface area contributed by atoms with Gasteiger partial charge in [-0.05, 0) is 55.2 Å². The van der Waals surface area contributed by atoms with Gasteiger partial charge in [0.2, 0.25) is 15.9 Å². The number of nitrogens with zero attached hydrogens (tertiary/aromatic N) is 1. The Labute approximate surface area is 162 Å². The highest BCUT2D eigenvalue weighted by molar-refractivity contribution is 7.89. The second-order valence-corrected chi connectivity index (χ2v) is 8.52. The second kappa shape index (κ2) is 9.67. The predicted octanol–water partition coefficient (Wildman–Crippen LogP) is 3.99. The predicted molar refractivity (Wildman–Crippen MR) is 109 cm³/mol. The Bertz CT molecular complexity index is 855. The lowest BCUT2D eigenvalue weighted by molar-refractivity contribution is -0.115. The van der Waals surface area contributed by atoms with Crippen molar-refractivity contribution < 1.29 is 13.2 Å². The number of anilines is 1. The number of carbonyl (C=O) groups is 1. The average Bonchev–Trinajstić information content (AvgIpc) is 2.64. The molecular formula is C21H28N2O3S. The van der Waals surface area contributed by atoms with E-state index in [1.54, 1.807) is 24.3 Å². The molecule has 0 saturated heterocycles. The van der Waals surface area contributed by atoms with E-state index in [-0.39, 0.29) is 17.2 Å². The molecule has 0 aromatic heterocycles. The first-order chi connectivity index (χ1) is 12.9. The third-order valence-electron chi connectivity index (χ3n) is 4.33. The smallest absolute Gasteiger partial charge is 0.243 e. The zero-order chi connectivity index (χ0) is 19.9. The molecule has 0 unspecified atom stereocenters. The van der Waals surface area contributed by atoms with Crippen molar-refractivity contribution in [3.63, 3.8) is 0 Å². The highest BCUT2D eigenvalue weighted by Gasteiger charge is 2.22. The van der Waals surface area contributed by atoms with E-state index in [0.29, 0.717) is 18.8 Å². The number of hydrogen-bond donors (Lipinski definition) is 1. The fourth-order valence-electron chi connectivity index (χ4n) is 2.90. The Morgan fingerprint density at radius 1 is 0.963 bits per heavy atom. The molecule has 2 rings (SSSR count). The maximum Gasteiger partial charge on any atom is 0.243 e. The summed E-state index contributed by atoms with van der Waals surface area (Å²) in [6, 6.07) is 14.1. The summed E-state index contributed by atoms with van der Waals surface area (Å²) in [6.07, 6.45) is 1.83. The summed E-state index contributed by atoms with van der Waals surface area (Å²) in [4.78, 5) is 12.5. The lowest BCUT2D eigenvalue weighted by Gasteiger charge is -2.21. The summed E-state index contributed by atoms with van der Waals surface area (Å²) < 4.78 is 27.0. The topological polar surface area (TPSA) is 66.5 Å². The van der Waals surface area contributed by atoms with Crippen LogP contribution in [0.3, 0.4) is 0 Å². The van der Waals surface area contributed by atoms with Crippen LogP contribution < -0.4 is 5.32 Å². The molecule has 1 amide bonds. The number of sulfonamides is 1. The minimum atomic E-state index is -3.50. The molecule has 27 heavy (non-hydrogen) atoms. The van der Waals surface area contributed by atoms with E-state index in [1.165, 1.54) is 4.31 Å². The minimum Gasteiger partial charge on any atom is -0.326 e. The molecule has 0 aliphatic carbocycles. The quantitative estimate of drug-likeness (QED) is 0.706. The Balaban J connectivity index is 2.08. The number of benzene rings is 2. The Morgan fingerprint density at radius 2 is 1.56 bits per heavy atom. The molecule has 1 N–H and O–H groups in total. The number of rotatable bonds is 9. The Kier molecular flexibility index (Phi) is 7.56. The summed E-state index contributed by atoms with van der Waals surface area (Å²) in [7, 11) is -3.50. The number of aryl methyl sites for hydroxylation is 1. The van der Waals surface area contributed by atoms with Crippen LogP contribution in [0.4, 0.5) is 5.69 Å². The maximum atomic E-state index is 12.8. The van der Waals surface area contributed by atoms with Crippen LogP contribution in [0.1, 0.15) is 37.8 Å². The first-order valence-electron chi connectivity index (χ1n) is 9.33. The van der Waals surface area contributed by atoms with Gasteiger partial charge < -0.3 is 5.32 Å². The SMILES string of the molecule is CCCN(CCC)S(=O)(=O)c1ccc(NC(=O)Cc2ccccc2C)cc1. The summed E-state index contributed by atoms with van der Waals surface area (Å²) in [5.74, 6) is -0.126. The van der Waals surface area contributed by atoms with Gasteiger partial charge in [0.1, 0.15) is 0 Å². The van der Waals surface area contributed by atoms with E-state index in [4.69, 9.17) is 0 Å². The van der Waals surface area contributed by atoms with Crippen LogP contribution in [-0.4, -0.2) is 31.7 Å². The van der Waals surface area contributed by atoms with Crippen molar-refractivity contribution in [2.75, 3.05) is 18.4 Å². The van der Waals surface area contributed by atoms with E-state index in [9.17, 15) is 13.2 Å². The van der Waals surface area contributed by atoms with Crippen molar-refractivity contribution in [1.29, 1.82) is 0 Å². The number of carbonyl (C=O) groups excluding carboxylic acids is 1. The lowest BCUT2D eigenvalue weighted by Crippen LogP contribution is -2.32. The fourth-order valence-corrected chi connectivity index (χ4v) is 4.52. The zero-order valence-electron chi connectivity index (χ0n) is 16.2. The van der Waals surface area contributed by atoms with Gasteiger partial charge in [-0.2, -0.15) is 4.31 Å². The molecular weight excluding hydrogens is 360 g/mol. The molecule has 0 aliphatic rings. The molecule has 5 nitrogen and oxygen atoms in total. The van der Waals surface area contributed by atoms with Crippen molar-refractivity contribution >= 4 is 21.6 Å². The Morgan fingerprint density at radius 3 is 2.11 bits per heavy atom. The van der Waals surface area contributed by atoms with Gasteiger partial charge in [0, 0.05) is 18.8 Å². The molecule has 0 spiro atoms. The van der Waals surface area contributed by atoms with Crippen LogP contribution in [0.2, 0.25) is 0 Å². The van der Waals surface area contributed by atoms with Crippen LogP contribution in [0.15, 0.2) is 53.4 Å². The largest absolute Gasteiger partial charge is 0.326 e. The van der Waals surface area contributed by atoms with Gasteiger partial charge in [0.15, 0.2) is 0 Å². The van der Waals surface area contributed by atoms with Crippen LogP contribution in [-0.2, 0) is 21.2 Å². The van der Waals surface area contributed by atoms with Gasteiger partial charge in [-0.1, -0.05) is 38.1 Å². The lowest BCUT2D eigenvalue weighted by atomic mass is 10.1. The molecule has 0 atom stereocenters. The molecule has 2 aromatic carbocycles. The van der Waals surface area contributed by atoms with Gasteiger partial charge in [0.05, 0.1) is 11.3 Å². The molecule has 0 saturated carbocycles. The van der Waals surface area contributed by atoms with E-state index in [0.717, 1.165) is 24.0 Å². The number of nitrogens with one attached hydrogen (secondary N) is 1. The fraction of sp³-hybridized carbons (Fsp3) is 0.381. The summed E-state index contributed by atoms with van der Waals surface area (Å²) in [5, 5.41) is 2.83. The van der Waals surface area contributed by atoms with E-state index in [1.807, 2.05) is 45.0 Å². The van der Waals surface area contributed by atoms with Crippen molar-refractivity contribution in [3.05, 3.63) is 59.7 Å². The van der Waals surface area contributed by atoms with Crippen LogP contribution >= 0.6 is 0 Å². The van der Waals surface area contributed by atoms with Crippen LogP contribution in [0.5, 0.6) is 0 Å². The third kappa shape index (κ3) is 5.65. The Hall–Kier alpha value is -2.18. The second-order valence-electron chi connectivity index (χ2n) is 6.58. The average molecular weight is 389 g/mol. The number of amides is 1. The van der Waals surface area contributed by atoms with E-state index >= 15 is 0 Å². The van der Waals surface area contributed by atoms with Crippen molar-refractivity contribution in [2.45, 2.75) is 44.9 Å². The monoisotopic (exact) mass is 388 g/mol. The molecule has 2 aromatic rings. The third-order valence-corrected chi connectivity index (χ3v) is 6.25. The molecule has 0 bridgehead atoms. The van der Waals surface area contributed by atoms with Crippen molar-refractivity contribution in [3.8, 4) is 0 Å². The normalized spacial score (nSPS) is 11.6. The molecule has 0 heterocycles. The molecule has 0 radical (unpaired) electrons. The summed E-state index contributed by atoms with van der Waals surface area (Å²) in [5.41, 5.74) is 2.63. The van der Waals surface area contributed by atoms with Gasteiger partial charge in [0.25, 0.3) is 0 Å². The number of hydrogen-bond acceptors (Lipinski definition) is 3. The standard InChI is InChI=1S/C21H28N2O3S/c1-4-14-23(15-5-2)27(25,26)20-12-10-19(11-13-20)22-21(24)16-18-9-7-6-8-17(18)3/h6-13H,4-5,14-16H2,1-3H3,(H,22,24). The highest BCUT2D eigenvalue weighted by Crippen LogP contribution is 2.19. The van der Waals surface area contributed by atoms with Gasteiger partial charge in [-0.25, -0.2) is 8.42 Å². The maximum absolute atomic E-state index is 12.8. The van der Waals surface area contributed by atoms with Gasteiger partial charge >= 0.3 is 0 Å². The van der Waals surface area contributed by atoms with Crippen LogP contribution in [0.25, 0.3) is 0 Å². The summed E-state index contributed by atoms with van der Waals surface area (Å²) in [6.45, 7) is 6.91. The molecule has 0 fully saturated rings. The summed E-state index contributed by atoms with van der Waals surface area (Å²) >= 11 is 0. The first kappa shape index (κ1) is 21.1. The van der Waals surface area contributed by atoms with Crippen LogP contribution in [0, 0.1) is 6.92 Å². The van der Waals surface area contributed by atoms with Crippen molar-refractivity contribution in [1.82, 2.24) is 4.31 Å². The molecule has 0 aliphatic heterocycles. The van der Waals surface area contributed by atoms with Gasteiger partial charge in [-0.3, -0.25) is 4.79 Å². The van der Waals surface area contributed by atoms with E-state index < -0.39 is 10.0 Å². The minimum absolute atomic E-state index is 0.126. The molecule has 146 valence electrons. The zero-order valence-corrected chi connectivity index (χ0v) is 17.1. The van der Waals surface area contributed by atoms with Gasteiger partial charge in [-0.15, -0.1) is 0 Å².